The summed E-state index contributed by atoms with van der Waals surface area (Å²) >= 11 is 1.51. The Labute approximate surface area is 172 Å². The number of thiophene rings is 1. The molecule has 148 valence electrons. The van der Waals surface area contributed by atoms with Gasteiger partial charge in [-0.3, -0.25) is 14.2 Å². The molecule has 0 spiro atoms. The number of carbonyl (C=O) groups excluding carboxylic acids is 1. The first-order valence-corrected chi connectivity index (χ1v) is 10.5. The first kappa shape index (κ1) is 19.3. The number of hydrogen-bond acceptors (Lipinski definition) is 6. The van der Waals surface area contributed by atoms with Crippen LogP contribution in [0.2, 0.25) is 0 Å². The van der Waals surface area contributed by atoms with Crippen LogP contribution in [-0.4, -0.2) is 22.1 Å². The summed E-state index contributed by atoms with van der Waals surface area (Å²) in [6.07, 6.45) is 2.43. The van der Waals surface area contributed by atoms with Crippen molar-refractivity contribution in [3.05, 3.63) is 62.0 Å². The summed E-state index contributed by atoms with van der Waals surface area (Å²) in [6.45, 7) is 4.18. The van der Waals surface area contributed by atoms with Crippen molar-refractivity contribution in [2.24, 2.45) is 0 Å². The van der Waals surface area contributed by atoms with Gasteiger partial charge in [-0.2, -0.15) is 5.26 Å². The quantitative estimate of drug-likeness (QED) is 0.616. The number of esters is 1. The van der Waals surface area contributed by atoms with Gasteiger partial charge in [-0.25, -0.2) is 4.98 Å². The highest BCUT2D eigenvalue weighted by Crippen LogP contribution is 2.41. The van der Waals surface area contributed by atoms with Gasteiger partial charge in [0.1, 0.15) is 10.7 Å². The Kier molecular flexibility index (Phi) is 5.20. The van der Waals surface area contributed by atoms with E-state index < -0.39 is 5.92 Å². The largest absolute Gasteiger partial charge is 0.466 e. The lowest BCUT2D eigenvalue weighted by molar-refractivity contribution is -0.145. The van der Waals surface area contributed by atoms with Gasteiger partial charge in [0, 0.05) is 4.88 Å². The lowest BCUT2D eigenvalue weighted by Gasteiger charge is -2.21. The van der Waals surface area contributed by atoms with Crippen molar-refractivity contribution in [3.63, 3.8) is 0 Å². The van der Waals surface area contributed by atoms with E-state index in [1.807, 2.05) is 12.1 Å². The second-order valence-electron chi connectivity index (χ2n) is 7.14. The molecule has 1 aliphatic carbocycles. The number of nitrogens with zero attached hydrogens (tertiary/aromatic N) is 3. The van der Waals surface area contributed by atoms with Crippen molar-refractivity contribution in [1.29, 1.82) is 5.26 Å². The van der Waals surface area contributed by atoms with E-state index in [0.717, 1.165) is 28.8 Å². The van der Waals surface area contributed by atoms with Gasteiger partial charge in [-0.05, 0) is 50.3 Å². The zero-order valence-electron chi connectivity index (χ0n) is 16.4. The third-order valence-electron chi connectivity index (χ3n) is 5.40. The van der Waals surface area contributed by atoms with Gasteiger partial charge in [-0.1, -0.05) is 18.2 Å². The minimum Gasteiger partial charge on any atom is -0.466 e. The molecular weight excluding hydrogens is 386 g/mol. The fraction of sp³-hybridized carbons (Fsp3) is 0.364. The van der Waals surface area contributed by atoms with Crippen molar-refractivity contribution >= 4 is 27.5 Å². The van der Waals surface area contributed by atoms with Gasteiger partial charge in [0.25, 0.3) is 5.56 Å². The molecule has 0 radical (unpaired) electrons. The number of benzene rings is 1. The highest BCUT2D eigenvalue weighted by atomic mass is 32.1. The van der Waals surface area contributed by atoms with Crippen molar-refractivity contribution < 1.29 is 9.53 Å². The Bertz CT molecular complexity index is 1200. The number of carbonyl (C=O) groups is 1. The fourth-order valence-electron chi connectivity index (χ4n) is 4.02. The van der Waals surface area contributed by atoms with Gasteiger partial charge in [0.15, 0.2) is 0 Å². The third kappa shape index (κ3) is 3.34. The molecule has 0 fully saturated rings. The molecular formula is C22H21N3O3S. The predicted octanol–water partition coefficient (Wildman–Crippen LogP) is 3.67. The van der Waals surface area contributed by atoms with E-state index in [1.165, 1.54) is 11.3 Å². The number of rotatable bonds is 4. The highest BCUT2D eigenvalue weighted by Gasteiger charge is 2.33. The molecule has 2 aromatic heterocycles. The van der Waals surface area contributed by atoms with Crippen molar-refractivity contribution in [1.82, 2.24) is 9.55 Å². The molecule has 0 amide bonds. The van der Waals surface area contributed by atoms with Crippen LogP contribution >= 0.6 is 11.3 Å². The highest BCUT2D eigenvalue weighted by molar-refractivity contribution is 7.18. The molecule has 0 bridgehead atoms. The first-order chi connectivity index (χ1) is 14.0. The van der Waals surface area contributed by atoms with Crippen molar-refractivity contribution in [2.45, 2.75) is 45.6 Å². The first-order valence-electron chi connectivity index (χ1n) is 9.72. The van der Waals surface area contributed by atoms with Crippen LogP contribution in [0.25, 0.3) is 10.2 Å². The SMILES string of the molecule is CCOC(=O)C1CCCc2sc3nc(C)n(Cc4ccccc4C#N)c(=O)c3c21. The topological polar surface area (TPSA) is 85.0 Å². The Morgan fingerprint density at radius 3 is 2.97 bits per heavy atom. The molecule has 0 saturated carbocycles. The van der Waals surface area contributed by atoms with E-state index >= 15 is 0 Å². The summed E-state index contributed by atoms with van der Waals surface area (Å²) in [4.78, 5) is 32.5. The maximum Gasteiger partial charge on any atom is 0.313 e. The van der Waals surface area contributed by atoms with Gasteiger partial charge >= 0.3 is 5.97 Å². The van der Waals surface area contributed by atoms with Crippen LogP contribution in [0.5, 0.6) is 0 Å². The molecule has 29 heavy (non-hydrogen) atoms. The van der Waals surface area contributed by atoms with Crippen LogP contribution in [-0.2, 0) is 22.5 Å². The van der Waals surface area contributed by atoms with E-state index in [9.17, 15) is 14.9 Å². The predicted molar refractivity (Wildman–Crippen MR) is 111 cm³/mol. The van der Waals surface area contributed by atoms with E-state index in [0.29, 0.717) is 34.6 Å². The van der Waals surface area contributed by atoms with E-state index in [-0.39, 0.29) is 18.1 Å². The second-order valence-corrected chi connectivity index (χ2v) is 8.22. The van der Waals surface area contributed by atoms with E-state index in [2.05, 4.69) is 11.1 Å². The molecule has 0 saturated heterocycles. The molecule has 7 heteroatoms. The van der Waals surface area contributed by atoms with Crippen LogP contribution < -0.4 is 5.56 Å². The summed E-state index contributed by atoms with van der Waals surface area (Å²) in [6, 6.07) is 9.42. The van der Waals surface area contributed by atoms with Crippen molar-refractivity contribution in [3.8, 4) is 6.07 Å². The van der Waals surface area contributed by atoms with Crippen LogP contribution in [0, 0.1) is 18.3 Å². The second kappa shape index (κ2) is 7.80. The number of fused-ring (bicyclic) bond motifs is 3. The molecule has 1 aromatic carbocycles. The van der Waals surface area contributed by atoms with Gasteiger partial charge < -0.3 is 4.74 Å². The Balaban J connectivity index is 1.89. The van der Waals surface area contributed by atoms with E-state index in [4.69, 9.17) is 4.74 Å². The van der Waals surface area contributed by atoms with Gasteiger partial charge in [-0.15, -0.1) is 11.3 Å². The summed E-state index contributed by atoms with van der Waals surface area (Å²) in [7, 11) is 0. The van der Waals surface area contributed by atoms with Crippen LogP contribution in [0.4, 0.5) is 0 Å². The third-order valence-corrected chi connectivity index (χ3v) is 6.56. The number of aromatic nitrogens is 2. The zero-order valence-corrected chi connectivity index (χ0v) is 17.2. The normalized spacial score (nSPS) is 15.7. The van der Waals surface area contributed by atoms with Crippen LogP contribution in [0.15, 0.2) is 29.1 Å². The monoisotopic (exact) mass is 407 g/mol. The van der Waals surface area contributed by atoms with Crippen LogP contribution in [0.3, 0.4) is 0 Å². The maximum atomic E-state index is 13.5. The molecule has 1 unspecified atom stereocenters. The lowest BCUT2D eigenvalue weighted by atomic mass is 9.86. The average molecular weight is 407 g/mol. The minimum atomic E-state index is -0.412. The fourth-order valence-corrected chi connectivity index (χ4v) is 5.33. The number of hydrogen-bond donors (Lipinski definition) is 0. The van der Waals surface area contributed by atoms with Gasteiger partial charge in [0.2, 0.25) is 0 Å². The Morgan fingerprint density at radius 1 is 1.41 bits per heavy atom. The van der Waals surface area contributed by atoms with Crippen molar-refractivity contribution in [2.75, 3.05) is 6.61 Å². The summed E-state index contributed by atoms with van der Waals surface area (Å²) in [5, 5.41) is 9.91. The summed E-state index contributed by atoms with van der Waals surface area (Å²) < 4.78 is 6.88. The minimum absolute atomic E-state index is 0.158. The smallest absolute Gasteiger partial charge is 0.313 e. The number of nitriles is 1. The molecule has 0 aliphatic heterocycles. The molecule has 1 aliphatic rings. The van der Waals surface area contributed by atoms with Gasteiger partial charge in [0.05, 0.1) is 36.1 Å². The molecule has 3 aromatic rings. The Hall–Kier alpha value is -2.98. The number of aryl methyl sites for hydroxylation is 2. The molecule has 4 rings (SSSR count). The summed E-state index contributed by atoms with van der Waals surface area (Å²) in [5.74, 6) is -0.0828. The maximum absolute atomic E-state index is 13.5. The standard InChI is InChI=1S/C22H21N3O3S/c1-3-28-22(27)16-9-6-10-17-18(16)19-20(29-17)24-13(2)25(21(19)26)12-15-8-5-4-7-14(15)11-23/h4-5,7-8,16H,3,6,9-10,12H2,1-2H3. The molecule has 1 atom stereocenters. The zero-order chi connectivity index (χ0) is 20.5. The van der Waals surface area contributed by atoms with E-state index in [1.54, 1.807) is 30.5 Å². The lowest BCUT2D eigenvalue weighted by Crippen LogP contribution is -2.27. The molecule has 6 nitrogen and oxygen atoms in total. The molecule has 2 heterocycles. The summed E-state index contributed by atoms with van der Waals surface area (Å²) in [5.41, 5.74) is 1.95. The van der Waals surface area contributed by atoms with Crippen LogP contribution in [0.1, 0.15) is 53.1 Å². The molecule has 0 N–H and O–H groups in total. The number of ether oxygens (including phenoxy) is 1. The Morgan fingerprint density at radius 2 is 2.21 bits per heavy atom. The average Bonchev–Trinajstić information content (AvgIpc) is 3.09.